The Morgan fingerprint density at radius 3 is 2.44 bits per heavy atom. The van der Waals surface area contributed by atoms with Crippen molar-refractivity contribution in [2.24, 2.45) is 0 Å². The number of rotatable bonds is 4. The van der Waals surface area contributed by atoms with Crippen molar-refractivity contribution in [2.75, 3.05) is 18.8 Å². The average molecular weight is 279 g/mol. The van der Waals surface area contributed by atoms with Crippen LogP contribution in [-0.4, -0.2) is 18.0 Å². The summed E-state index contributed by atoms with van der Waals surface area (Å²) in [5.74, 6) is 0. The lowest BCUT2D eigenvalue weighted by Crippen LogP contribution is -2.24. The van der Waals surface area contributed by atoms with Crippen LogP contribution in [0.25, 0.3) is 0 Å². The molecule has 16 heavy (non-hydrogen) atoms. The first kappa shape index (κ1) is 12.5. The van der Waals surface area contributed by atoms with Crippen molar-refractivity contribution in [3.63, 3.8) is 0 Å². The van der Waals surface area contributed by atoms with Gasteiger partial charge in [-0.15, -0.1) is 0 Å². The summed E-state index contributed by atoms with van der Waals surface area (Å²) in [6.07, 6.45) is 0. The molecule has 0 aliphatic heterocycles. The molecule has 0 spiro atoms. The molecule has 0 aliphatic carbocycles. The molecule has 0 aliphatic rings. The Morgan fingerprint density at radius 2 is 1.88 bits per heavy atom. The van der Waals surface area contributed by atoms with Gasteiger partial charge in [0.15, 0.2) is 0 Å². The van der Waals surface area contributed by atoms with Gasteiger partial charge in [0.1, 0.15) is 0 Å². The number of hydrogen-bond acceptors (Lipinski definition) is 4. The van der Waals surface area contributed by atoms with Gasteiger partial charge >= 0.3 is 0 Å². The molecule has 0 unspecified atom stereocenters. The monoisotopic (exact) mass is 278 g/mol. The highest BCUT2D eigenvalue weighted by Gasteiger charge is 2.08. The van der Waals surface area contributed by atoms with Crippen molar-refractivity contribution >= 4 is 21.6 Å². The highest BCUT2D eigenvalue weighted by Crippen LogP contribution is 2.24. The number of halogens is 1. The summed E-state index contributed by atoms with van der Waals surface area (Å²) in [4.78, 5) is 1.75. The highest BCUT2D eigenvalue weighted by molar-refractivity contribution is 9.10. The van der Waals surface area contributed by atoms with E-state index in [1.807, 2.05) is 24.3 Å². The Bertz CT molecular complexity index is 428. The molecule has 0 amide bonds. The summed E-state index contributed by atoms with van der Waals surface area (Å²) in [6, 6.07) is 9.64. The molecular formula is C11H11BrN4. The van der Waals surface area contributed by atoms with E-state index in [0.717, 1.165) is 10.0 Å². The first-order valence-electron chi connectivity index (χ1n) is 4.68. The first-order valence-corrected chi connectivity index (χ1v) is 5.47. The molecule has 4 nitrogen and oxygen atoms in total. The fourth-order valence-corrected chi connectivity index (χ4v) is 1.72. The maximum Gasteiger partial charge on any atom is 0.0877 e. The van der Waals surface area contributed by atoms with E-state index in [2.05, 4.69) is 15.9 Å². The minimum absolute atomic E-state index is 0.231. The molecule has 0 heterocycles. The van der Waals surface area contributed by atoms with Gasteiger partial charge in [0.2, 0.25) is 0 Å². The molecule has 0 aromatic heterocycles. The van der Waals surface area contributed by atoms with Gasteiger partial charge in [0, 0.05) is 16.7 Å². The van der Waals surface area contributed by atoms with Crippen molar-refractivity contribution in [1.82, 2.24) is 4.90 Å². The topological polar surface area (TPSA) is 76.8 Å². The van der Waals surface area contributed by atoms with E-state index in [0.29, 0.717) is 12.2 Å². The van der Waals surface area contributed by atoms with Crippen molar-refractivity contribution in [2.45, 2.75) is 6.54 Å². The minimum atomic E-state index is 0.231. The molecule has 0 fully saturated rings. The number of nitrogens with zero attached hydrogens (tertiary/aromatic N) is 3. The van der Waals surface area contributed by atoms with Gasteiger partial charge in [0.25, 0.3) is 0 Å². The standard InChI is InChI=1S/C11H11BrN4/c12-11-9(2-1-3-10(11)15)8-16(6-4-13)7-5-14/h1-3H,6-8,15H2. The normalized spacial score (nSPS) is 9.75. The SMILES string of the molecule is N#CCN(CC#N)Cc1cccc(N)c1Br. The predicted molar refractivity (Wildman–Crippen MR) is 65.1 cm³/mol. The van der Waals surface area contributed by atoms with Gasteiger partial charge in [-0.2, -0.15) is 10.5 Å². The Balaban J connectivity index is 2.82. The van der Waals surface area contributed by atoms with E-state index in [1.165, 1.54) is 0 Å². The largest absolute Gasteiger partial charge is 0.398 e. The first-order chi connectivity index (χ1) is 7.69. The zero-order valence-corrected chi connectivity index (χ0v) is 10.2. The van der Waals surface area contributed by atoms with Crippen LogP contribution >= 0.6 is 15.9 Å². The quantitative estimate of drug-likeness (QED) is 0.674. The Morgan fingerprint density at radius 1 is 1.25 bits per heavy atom. The maximum absolute atomic E-state index is 8.63. The molecule has 0 saturated heterocycles. The lowest BCUT2D eigenvalue weighted by Gasteiger charge is -2.16. The fraction of sp³-hybridized carbons (Fsp3) is 0.273. The van der Waals surface area contributed by atoms with E-state index in [1.54, 1.807) is 11.0 Å². The second-order valence-electron chi connectivity index (χ2n) is 3.28. The second-order valence-corrected chi connectivity index (χ2v) is 4.07. The molecule has 1 rings (SSSR count). The van der Waals surface area contributed by atoms with Crippen LogP contribution in [0.5, 0.6) is 0 Å². The number of nitrogen functional groups attached to an aromatic ring is 1. The van der Waals surface area contributed by atoms with Gasteiger partial charge in [-0.1, -0.05) is 12.1 Å². The summed E-state index contributed by atoms with van der Waals surface area (Å²) in [5, 5.41) is 17.3. The average Bonchev–Trinajstić information content (AvgIpc) is 2.25. The number of benzene rings is 1. The van der Waals surface area contributed by atoms with Crippen LogP contribution in [0.3, 0.4) is 0 Å². The molecule has 82 valence electrons. The third kappa shape index (κ3) is 3.23. The Hall–Kier alpha value is -1.56. The van der Waals surface area contributed by atoms with Gasteiger partial charge in [-0.25, -0.2) is 0 Å². The summed E-state index contributed by atoms with van der Waals surface area (Å²) in [6.45, 7) is 0.996. The van der Waals surface area contributed by atoms with Crippen molar-refractivity contribution in [3.05, 3.63) is 28.2 Å². The number of nitriles is 2. The number of nitrogens with two attached hydrogens (primary N) is 1. The molecule has 1 aromatic rings. The van der Waals surface area contributed by atoms with E-state index in [4.69, 9.17) is 16.3 Å². The Labute approximate surface area is 103 Å². The van der Waals surface area contributed by atoms with Gasteiger partial charge in [0.05, 0.1) is 25.2 Å². The number of hydrogen-bond donors (Lipinski definition) is 1. The van der Waals surface area contributed by atoms with E-state index in [-0.39, 0.29) is 13.1 Å². The van der Waals surface area contributed by atoms with Crippen LogP contribution in [-0.2, 0) is 6.54 Å². The molecule has 0 saturated carbocycles. The maximum atomic E-state index is 8.63. The molecule has 0 radical (unpaired) electrons. The van der Waals surface area contributed by atoms with Crippen LogP contribution in [0.2, 0.25) is 0 Å². The molecule has 5 heteroatoms. The second kappa shape index (κ2) is 6.12. The zero-order chi connectivity index (χ0) is 12.0. The van der Waals surface area contributed by atoms with Crippen LogP contribution in [0, 0.1) is 22.7 Å². The van der Waals surface area contributed by atoms with Gasteiger partial charge < -0.3 is 5.73 Å². The zero-order valence-electron chi connectivity index (χ0n) is 8.65. The third-order valence-electron chi connectivity index (χ3n) is 2.09. The predicted octanol–water partition coefficient (Wildman–Crippen LogP) is 1.88. The van der Waals surface area contributed by atoms with Crippen molar-refractivity contribution in [3.8, 4) is 12.1 Å². The molecule has 1 aromatic carbocycles. The van der Waals surface area contributed by atoms with Gasteiger partial charge in [-0.05, 0) is 27.6 Å². The van der Waals surface area contributed by atoms with Gasteiger partial charge in [-0.3, -0.25) is 4.90 Å². The van der Waals surface area contributed by atoms with Crippen LogP contribution in [0.15, 0.2) is 22.7 Å². The highest BCUT2D eigenvalue weighted by atomic mass is 79.9. The summed E-state index contributed by atoms with van der Waals surface area (Å²) >= 11 is 3.39. The molecular weight excluding hydrogens is 268 g/mol. The fourth-order valence-electron chi connectivity index (χ4n) is 1.33. The Kier molecular flexibility index (Phi) is 4.78. The lowest BCUT2D eigenvalue weighted by molar-refractivity contribution is 0.334. The molecule has 0 atom stereocenters. The van der Waals surface area contributed by atoms with Crippen LogP contribution < -0.4 is 5.73 Å². The van der Waals surface area contributed by atoms with Crippen LogP contribution in [0.1, 0.15) is 5.56 Å². The van der Waals surface area contributed by atoms with E-state index in [9.17, 15) is 0 Å². The smallest absolute Gasteiger partial charge is 0.0877 e. The number of anilines is 1. The van der Waals surface area contributed by atoms with Crippen LogP contribution in [0.4, 0.5) is 5.69 Å². The van der Waals surface area contributed by atoms with E-state index < -0.39 is 0 Å². The lowest BCUT2D eigenvalue weighted by atomic mass is 10.2. The summed E-state index contributed by atoms with van der Waals surface area (Å²) < 4.78 is 0.830. The third-order valence-corrected chi connectivity index (χ3v) is 3.06. The minimum Gasteiger partial charge on any atom is -0.398 e. The molecule has 2 N–H and O–H groups in total. The summed E-state index contributed by atoms with van der Waals surface area (Å²) in [5.41, 5.74) is 7.38. The van der Waals surface area contributed by atoms with Crippen molar-refractivity contribution < 1.29 is 0 Å². The van der Waals surface area contributed by atoms with E-state index >= 15 is 0 Å². The van der Waals surface area contributed by atoms with Crippen molar-refractivity contribution in [1.29, 1.82) is 10.5 Å². The molecule has 0 bridgehead atoms. The summed E-state index contributed by atoms with van der Waals surface area (Å²) in [7, 11) is 0.